The van der Waals surface area contributed by atoms with E-state index in [1.54, 1.807) is 56.6 Å². The molecular formula is C20H21ClN2O4. The van der Waals surface area contributed by atoms with Crippen molar-refractivity contribution in [3.05, 3.63) is 58.6 Å². The Morgan fingerprint density at radius 1 is 1.04 bits per heavy atom. The van der Waals surface area contributed by atoms with E-state index in [0.29, 0.717) is 27.8 Å². The molecule has 2 aromatic rings. The van der Waals surface area contributed by atoms with Crippen LogP contribution in [0.15, 0.2) is 42.5 Å². The average molecular weight is 389 g/mol. The number of ether oxygens (including phenoxy) is 2. The summed E-state index contributed by atoms with van der Waals surface area (Å²) in [4.78, 5) is 25.6. The lowest BCUT2D eigenvalue weighted by Gasteiger charge is -2.12. The maximum Gasteiger partial charge on any atom is 0.253 e. The number of halogens is 1. The molecule has 2 amide bonds. The largest absolute Gasteiger partial charge is 0.495 e. The van der Waals surface area contributed by atoms with Crippen molar-refractivity contribution in [1.82, 2.24) is 4.90 Å². The highest BCUT2D eigenvalue weighted by Crippen LogP contribution is 2.35. The van der Waals surface area contributed by atoms with E-state index in [1.807, 2.05) is 0 Å². The summed E-state index contributed by atoms with van der Waals surface area (Å²) in [5.74, 6) is 0.435. The smallest absolute Gasteiger partial charge is 0.253 e. The molecule has 2 rings (SSSR count). The van der Waals surface area contributed by atoms with Crippen LogP contribution in [-0.4, -0.2) is 45.0 Å². The fourth-order valence-corrected chi connectivity index (χ4v) is 2.53. The van der Waals surface area contributed by atoms with E-state index in [0.717, 1.165) is 5.56 Å². The maximum atomic E-state index is 12.2. The van der Waals surface area contributed by atoms with Crippen molar-refractivity contribution in [3.63, 3.8) is 0 Å². The summed E-state index contributed by atoms with van der Waals surface area (Å²) in [6, 6.07) is 10.1. The number of nitrogens with zero attached hydrogens (tertiary/aromatic N) is 1. The molecular weight excluding hydrogens is 368 g/mol. The molecule has 7 heteroatoms. The molecule has 0 heterocycles. The van der Waals surface area contributed by atoms with Crippen molar-refractivity contribution in [2.45, 2.75) is 0 Å². The van der Waals surface area contributed by atoms with Crippen LogP contribution < -0.4 is 14.8 Å². The van der Waals surface area contributed by atoms with Gasteiger partial charge in [0.05, 0.1) is 24.9 Å². The Kier molecular flexibility index (Phi) is 6.85. The monoisotopic (exact) mass is 388 g/mol. The Bertz CT molecular complexity index is 861. The van der Waals surface area contributed by atoms with E-state index in [4.69, 9.17) is 21.1 Å². The first kappa shape index (κ1) is 20.3. The van der Waals surface area contributed by atoms with E-state index in [2.05, 4.69) is 5.32 Å². The van der Waals surface area contributed by atoms with E-state index < -0.39 is 0 Å². The molecule has 0 saturated heterocycles. The van der Waals surface area contributed by atoms with Gasteiger partial charge in [0.2, 0.25) is 5.91 Å². The van der Waals surface area contributed by atoms with Gasteiger partial charge in [0.15, 0.2) is 0 Å². The van der Waals surface area contributed by atoms with Crippen LogP contribution >= 0.6 is 11.6 Å². The second kappa shape index (κ2) is 9.09. The summed E-state index contributed by atoms with van der Waals surface area (Å²) in [6.45, 7) is 0. The lowest BCUT2D eigenvalue weighted by molar-refractivity contribution is -0.111. The number of carbonyl (C=O) groups is 2. The van der Waals surface area contributed by atoms with Crippen LogP contribution in [0.2, 0.25) is 5.02 Å². The molecule has 6 nitrogen and oxygen atoms in total. The van der Waals surface area contributed by atoms with E-state index >= 15 is 0 Å². The number of methoxy groups -OCH3 is 2. The first-order chi connectivity index (χ1) is 12.8. The number of nitrogens with one attached hydrogen (secondary N) is 1. The zero-order valence-electron chi connectivity index (χ0n) is 15.6. The third-order valence-corrected chi connectivity index (χ3v) is 4.02. The number of amides is 2. The summed E-state index contributed by atoms with van der Waals surface area (Å²) in [5.41, 5.74) is 1.82. The molecule has 0 saturated carbocycles. The van der Waals surface area contributed by atoms with Gasteiger partial charge in [-0.2, -0.15) is 0 Å². The minimum Gasteiger partial charge on any atom is -0.495 e. The van der Waals surface area contributed by atoms with E-state index in [-0.39, 0.29) is 11.8 Å². The van der Waals surface area contributed by atoms with Crippen LogP contribution in [-0.2, 0) is 4.79 Å². The Morgan fingerprint density at radius 2 is 1.67 bits per heavy atom. The molecule has 0 fully saturated rings. The topological polar surface area (TPSA) is 67.9 Å². The number of carbonyl (C=O) groups excluding carboxylic acids is 2. The van der Waals surface area contributed by atoms with Crippen LogP contribution in [0.5, 0.6) is 11.5 Å². The van der Waals surface area contributed by atoms with Crippen molar-refractivity contribution in [2.24, 2.45) is 0 Å². The molecule has 0 aliphatic carbocycles. The van der Waals surface area contributed by atoms with Gasteiger partial charge in [-0.25, -0.2) is 0 Å². The standard InChI is InChI=1S/C20H21ClN2O4/c1-23(2)20(25)14-8-5-13(6-9-14)7-10-19(24)22-16-12-17(26-3)15(21)11-18(16)27-4/h5-12H,1-4H3,(H,22,24)/b10-7+. The normalized spacial score (nSPS) is 10.6. The molecule has 1 N–H and O–H groups in total. The Labute approximate surface area is 163 Å². The van der Waals surface area contributed by atoms with E-state index in [1.165, 1.54) is 25.2 Å². The van der Waals surface area contributed by atoms with Crippen LogP contribution in [0.4, 0.5) is 5.69 Å². The second-order valence-corrected chi connectivity index (χ2v) is 6.24. The first-order valence-electron chi connectivity index (χ1n) is 8.08. The van der Waals surface area contributed by atoms with Gasteiger partial charge in [-0.1, -0.05) is 23.7 Å². The predicted octanol–water partition coefficient (Wildman–Crippen LogP) is 3.71. The summed E-state index contributed by atoms with van der Waals surface area (Å²) in [7, 11) is 6.37. The Morgan fingerprint density at radius 3 is 2.22 bits per heavy atom. The van der Waals surface area contributed by atoms with Gasteiger partial charge in [-0.3, -0.25) is 9.59 Å². The van der Waals surface area contributed by atoms with Gasteiger partial charge in [0.1, 0.15) is 11.5 Å². The summed E-state index contributed by atoms with van der Waals surface area (Å²) in [5, 5.41) is 3.11. The molecule has 0 unspecified atom stereocenters. The van der Waals surface area contributed by atoms with Gasteiger partial charge in [-0.05, 0) is 23.8 Å². The minimum atomic E-state index is -0.342. The Balaban J connectivity index is 2.10. The summed E-state index contributed by atoms with van der Waals surface area (Å²) in [6.07, 6.45) is 3.04. The molecule has 0 aromatic heterocycles. The molecule has 0 radical (unpaired) electrons. The molecule has 0 aliphatic heterocycles. The highest BCUT2D eigenvalue weighted by Gasteiger charge is 2.11. The van der Waals surface area contributed by atoms with Crippen LogP contribution in [0.3, 0.4) is 0 Å². The molecule has 0 spiro atoms. The third kappa shape index (κ3) is 5.24. The van der Waals surface area contributed by atoms with Gasteiger partial charge < -0.3 is 19.7 Å². The van der Waals surface area contributed by atoms with Crippen molar-refractivity contribution in [1.29, 1.82) is 0 Å². The first-order valence-corrected chi connectivity index (χ1v) is 8.45. The zero-order chi connectivity index (χ0) is 20.0. The molecule has 142 valence electrons. The fourth-order valence-electron chi connectivity index (χ4n) is 2.30. The van der Waals surface area contributed by atoms with Gasteiger partial charge >= 0.3 is 0 Å². The summed E-state index contributed by atoms with van der Waals surface area (Å²) >= 11 is 6.05. The molecule has 0 bridgehead atoms. The zero-order valence-corrected chi connectivity index (χ0v) is 16.3. The predicted molar refractivity (Wildman–Crippen MR) is 107 cm³/mol. The van der Waals surface area contributed by atoms with E-state index in [9.17, 15) is 9.59 Å². The SMILES string of the molecule is COc1cc(NC(=O)/C=C/c2ccc(C(=O)N(C)C)cc2)c(OC)cc1Cl. The van der Waals surface area contributed by atoms with Gasteiger partial charge in [0, 0.05) is 37.9 Å². The van der Waals surface area contributed by atoms with Crippen molar-refractivity contribution in [3.8, 4) is 11.5 Å². The number of rotatable bonds is 6. The molecule has 0 atom stereocenters. The Hall–Kier alpha value is -2.99. The molecule has 27 heavy (non-hydrogen) atoms. The number of hydrogen-bond donors (Lipinski definition) is 1. The number of benzene rings is 2. The van der Waals surface area contributed by atoms with Crippen LogP contribution in [0.25, 0.3) is 6.08 Å². The number of hydrogen-bond acceptors (Lipinski definition) is 4. The van der Waals surface area contributed by atoms with Crippen LogP contribution in [0.1, 0.15) is 15.9 Å². The van der Waals surface area contributed by atoms with Crippen molar-refractivity contribution < 1.29 is 19.1 Å². The number of anilines is 1. The third-order valence-electron chi connectivity index (χ3n) is 3.72. The van der Waals surface area contributed by atoms with Gasteiger partial charge in [-0.15, -0.1) is 0 Å². The second-order valence-electron chi connectivity index (χ2n) is 5.83. The van der Waals surface area contributed by atoms with Crippen molar-refractivity contribution in [2.75, 3.05) is 33.6 Å². The minimum absolute atomic E-state index is 0.0768. The summed E-state index contributed by atoms with van der Waals surface area (Å²) < 4.78 is 10.4. The maximum absolute atomic E-state index is 12.2. The van der Waals surface area contributed by atoms with Gasteiger partial charge in [0.25, 0.3) is 5.91 Å². The molecule has 2 aromatic carbocycles. The van der Waals surface area contributed by atoms with Crippen molar-refractivity contribution >= 4 is 35.2 Å². The lowest BCUT2D eigenvalue weighted by Crippen LogP contribution is -2.21. The highest BCUT2D eigenvalue weighted by atomic mass is 35.5. The highest BCUT2D eigenvalue weighted by molar-refractivity contribution is 6.32. The average Bonchev–Trinajstić information content (AvgIpc) is 2.67. The fraction of sp³-hybridized carbons (Fsp3) is 0.200. The van der Waals surface area contributed by atoms with Crippen LogP contribution in [0, 0.1) is 0 Å². The quantitative estimate of drug-likeness (QED) is 0.766. The lowest BCUT2D eigenvalue weighted by atomic mass is 10.1. The molecule has 0 aliphatic rings.